The van der Waals surface area contributed by atoms with Crippen LogP contribution in [0.3, 0.4) is 0 Å². The van der Waals surface area contributed by atoms with Gasteiger partial charge in [-0.2, -0.15) is 0 Å². The quantitative estimate of drug-likeness (QED) is 0.364. The fraction of sp³-hybridized carbons (Fsp3) is 0. The zero-order chi connectivity index (χ0) is 2.71. The molecule has 0 aliphatic carbocycles. The summed E-state index contributed by atoms with van der Waals surface area (Å²) in [6.45, 7) is 0. The molecule has 0 spiro atoms. The van der Waals surface area contributed by atoms with Crippen LogP contribution in [0.15, 0.2) is 0 Å². The Morgan fingerprint density at radius 2 is 1.75 bits per heavy atom. The molecule has 0 aliphatic heterocycles. The van der Waals surface area contributed by atoms with Gasteiger partial charge in [0, 0.05) is 12.2 Å². The molecule has 0 heterocycles. The number of hydrogen-bond acceptors (Lipinski definition) is 2. The minimum atomic E-state index is 0. The Balaban J connectivity index is 0. The average Bonchev–Trinajstić information content (AvgIpc) is 0.918. The van der Waals surface area contributed by atoms with Crippen LogP contribution in [0, 0.1) is 0 Å². The van der Waals surface area contributed by atoms with Gasteiger partial charge in [-0.1, -0.05) is 0 Å². The Kier molecular flexibility index (Phi) is 34.2. The van der Waals surface area contributed by atoms with Gasteiger partial charge in [-0.3, -0.25) is 0 Å². The van der Waals surface area contributed by atoms with Crippen LogP contribution >= 0.6 is 12.2 Å². The van der Waals surface area contributed by atoms with Gasteiger partial charge in [0.05, 0.1) is 0 Å². The van der Waals surface area contributed by atoms with Crippen molar-refractivity contribution < 1.29 is 10.3 Å². The second-order valence-electron chi connectivity index (χ2n) is 0.0833. The third-order valence-electron chi connectivity index (χ3n) is 0. The Labute approximate surface area is 28.7 Å². The van der Waals surface area contributed by atoms with Crippen molar-refractivity contribution in [3.8, 4) is 0 Å². The van der Waals surface area contributed by atoms with Gasteiger partial charge >= 0.3 is 0 Å². The molecule has 0 radical (unpaired) electrons. The highest BCUT2D eigenvalue weighted by molar-refractivity contribution is 7.78. The van der Waals surface area contributed by atoms with Crippen LogP contribution in [-0.2, 0) is 4.79 Å². The van der Waals surface area contributed by atoms with Crippen molar-refractivity contribution in [2.75, 3.05) is 0 Å². The van der Waals surface area contributed by atoms with Gasteiger partial charge in [0.2, 0.25) is 5.23 Å². The maximum absolute atomic E-state index is 8.50. The zero-order valence-corrected chi connectivity index (χ0v) is 2.63. The van der Waals surface area contributed by atoms with E-state index in [-0.39, 0.29) is 5.48 Å². The molecule has 0 atom stereocenters. The molecule has 0 fully saturated rings. The van der Waals surface area contributed by atoms with E-state index in [1.807, 2.05) is 0 Å². The second-order valence-corrected chi connectivity index (χ2v) is 0.250. The monoisotopic (exact) mass is 78.0 g/mol. The number of rotatable bonds is 0. The van der Waals surface area contributed by atoms with E-state index in [9.17, 15) is 0 Å². The molecule has 4 heavy (non-hydrogen) atoms. The predicted octanol–water partition coefficient (Wildman–Crippen LogP) is -0.574. The van der Waals surface area contributed by atoms with Crippen LogP contribution in [0.1, 0.15) is 0 Å². The minimum Gasteiger partial charge on any atom is -0.412 e. The summed E-state index contributed by atoms with van der Waals surface area (Å²) in [7, 11) is 0. The summed E-state index contributed by atoms with van der Waals surface area (Å²) in [6, 6.07) is 0. The zero-order valence-electron chi connectivity index (χ0n) is 1.82. The molecular weight excluding hydrogens is 76.1 g/mol. The highest BCUT2D eigenvalue weighted by Crippen LogP contribution is 1.14. The summed E-state index contributed by atoms with van der Waals surface area (Å²) in [6.07, 6.45) is 0. The lowest BCUT2D eigenvalue weighted by atomic mass is 11.9. The first-order chi connectivity index (χ1) is 1.41. The molecule has 0 unspecified atom stereocenters. The fourth-order valence-corrected chi connectivity index (χ4v) is 0. The second kappa shape index (κ2) is 14.8. The van der Waals surface area contributed by atoms with Gasteiger partial charge in [0.1, 0.15) is 0 Å². The fourth-order valence-electron chi connectivity index (χ4n) is 0. The first kappa shape index (κ1) is 9.25. The van der Waals surface area contributed by atoms with E-state index >= 15 is 0 Å². The van der Waals surface area contributed by atoms with E-state index in [0.29, 0.717) is 0 Å². The maximum atomic E-state index is 8.50. The van der Waals surface area contributed by atoms with Gasteiger partial charge < -0.3 is 5.48 Å². The van der Waals surface area contributed by atoms with Crippen molar-refractivity contribution in [1.29, 1.82) is 0 Å². The van der Waals surface area contributed by atoms with Gasteiger partial charge in [0.15, 0.2) is 0 Å². The number of thiocarbonyl (C=S) groups is 1. The maximum Gasteiger partial charge on any atom is 0.202 e. The van der Waals surface area contributed by atoms with Crippen LogP contribution in [0.25, 0.3) is 0 Å². The molecule has 0 bridgehead atoms. The molecule has 0 saturated heterocycles. The lowest BCUT2D eigenvalue weighted by molar-refractivity contribution is 0.572. The molecule has 0 aromatic heterocycles. The summed E-state index contributed by atoms with van der Waals surface area (Å²) in [5, 5.41) is 1.08. The van der Waals surface area contributed by atoms with Crippen molar-refractivity contribution in [1.82, 2.24) is 0 Å². The first-order valence-electron chi connectivity index (χ1n) is 0.408. The van der Waals surface area contributed by atoms with E-state index < -0.39 is 0 Å². The molecule has 0 aliphatic rings. The normalized spacial score (nSPS) is 2.00. The molecule has 0 aromatic carbocycles. The predicted molar refractivity (Wildman–Crippen MR) is 16.9 cm³/mol. The third kappa shape index (κ3) is 17.6. The lowest BCUT2D eigenvalue weighted by Crippen LogP contribution is -1.08. The average molecular weight is 78.1 g/mol. The van der Waals surface area contributed by atoms with Crippen molar-refractivity contribution >= 4 is 17.5 Å². The van der Waals surface area contributed by atoms with Crippen LogP contribution in [0.5, 0.6) is 0 Å². The van der Waals surface area contributed by atoms with E-state index in [0.717, 1.165) is 5.23 Å². The largest absolute Gasteiger partial charge is 0.412 e. The highest BCUT2D eigenvalue weighted by Gasteiger charge is 1.07. The SMILES string of the molecule is O.O=C=S. The molecule has 0 saturated carbocycles. The molecule has 0 rings (SSSR count). The first-order valence-corrected chi connectivity index (χ1v) is 0.816. The highest BCUT2D eigenvalue weighted by atomic mass is 32.1. The van der Waals surface area contributed by atoms with Gasteiger partial charge in [-0.05, 0) is 0 Å². The topological polar surface area (TPSA) is 48.6 Å². The third-order valence-corrected chi connectivity index (χ3v) is 0. The Hall–Kier alpha value is -0.240. The Bertz CT molecular complexity index is 27.0. The van der Waals surface area contributed by atoms with E-state index in [1.54, 1.807) is 0 Å². The van der Waals surface area contributed by atoms with Gasteiger partial charge in [-0.15, -0.1) is 0 Å². The van der Waals surface area contributed by atoms with Crippen molar-refractivity contribution in [3.63, 3.8) is 0 Å². The summed E-state index contributed by atoms with van der Waals surface area (Å²) >= 11 is 3.59. The van der Waals surface area contributed by atoms with Crippen LogP contribution in [0.2, 0.25) is 0 Å². The molecular formula is CH2O2S. The van der Waals surface area contributed by atoms with Gasteiger partial charge in [0.25, 0.3) is 0 Å². The smallest absolute Gasteiger partial charge is 0.202 e. The van der Waals surface area contributed by atoms with Crippen LogP contribution < -0.4 is 0 Å². The summed E-state index contributed by atoms with van der Waals surface area (Å²) in [4.78, 5) is 8.50. The van der Waals surface area contributed by atoms with Crippen LogP contribution in [0.4, 0.5) is 0 Å². The standard InChI is InChI=1S/COS.H2O/c2-1-3;/h;1H2. The van der Waals surface area contributed by atoms with E-state index in [4.69, 9.17) is 4.79 Å². The number of carbonyl (C=O) groups excluding carboxylic acids is 1. The Morgan fingerprint density at radius 3 is 1.75 bits per heavy atom. The van der Waals surface area contributed by atoms with E-state index in [1.165, 1.54) is 0 Å². The molecule has 2 nitrogen and oxygen atoms in total. The van der Waals surface area contributed by atoms with Crippen LogP contribution in [-0.4, -0.2) is 10.7 Å². The summed E-state index contributed by atoms with van der Waals surface area (Å²) < 4.78 is 0. The molecule has 0 aromatic rings. The summed E-state index contributed by atoms with van der Waals surface area (Å²) in [5.41, 5.74) is 0. The molecule has 3 heteroatoms. The van der Waals surface area contributed by atoms with Crippen molar-refractivity contribution in [2.24, 2.45) is 0 Å². The summed E-state index contributed by atoms with van der Waals surface area (Å²) in [5.74, 6) is 0. The van der Waals surface area contributed by atoms with E-state index in [2.05, 4.69) is 12.2 Å². The molecule has 24 valence electrons. The van der Waals surface area contributed by atoms with Crippen molar-refractivity contribution in [3.05, 3.63) is 0 Å². The number of hydrogen-bond donors (Lipinski definition) is 0. The minimum absolute atomic E-state index is 0. The lowest BCUT2D eigenvalue weighted by Gasteiger charge is -0.970. The molecule has 2 N–H and O–H groups in total. The van der Waals surface area contributed by atoms with Crippen molar-refractivity contribution in [2.45, 2.75) is 0 Å². The molecule has 0 amide bonds. The Morgan fingerprint density at radius 1 is 1.75 bits per heavy atom. The van der Waals surface area contributed by atoms with Gasteiger partial charge in [-0.25, -0.2) is 4.79 Å².